The number of anilines is 1. The number of hydrogen-bond acceptors (Lipinski definition) is 4. The lowest BCUT2D eigenvalue weighted by Crippen LogP contribution is -2.36. The highest BCUT2D eigenvalue weighted by Crippen LogP contribution is 2.33. The normalized spacial score (nSPS) is 19.3. The largest absolute Gasteiger partial charge is 0.496 e. The van der Waals surface area contributed by atoms with Crippen molar-refractivity contribution in [2.75, 3.05) is 25.1 Å². The average Bonchev–Trinajstić information content (AvgIpc) is 3.13. The predicted octanol–water partition coefficient (Wildman–Crippen LogP) is 3.78. The van der Waals surface area contributed by atoms with Gasteiger partial charge >= 0.3 is 0 Å². The molecule has 0 spiro atoms. The topological polar surface area (TPSA) is 66.9 Å². The van der Waals surface area contributed by atoms with Crippen molar-refractivity contribution in [1.82, 2.24) is 4.31 Å². The molecule has 2 aliphatic heterocycles. The van der Waals surface area contributed by atoms with Crippen LogP contribution in [0.15, 0.2) is 47.4 Å². The van der Waals surface area contributed by atoms with Crippen LogP contribution in [0.1, 0.15) is 43.7 Å². The van der Waals surface area contributed by atoms with E-state index in [-0.39, 0.29) is 16.8 Å². The number of nitrogens with zero attached hydrogens (tertiary/aromatic N) is 2. The van der Waals surface area contributed by atoms with Gasteiger partial charge in [0.15, 0.2) is 0 Å². The molecule has 6 nitrogen and oxygen atoms in total. The Morgan fingerprint density at radius 3 is 2.58 bits per heavy atom. The number of amides is 1. The second-order valence-corrected chi connectivity index (χ2v) is 10.3. The number of fused-ring (bicyclic) bond motifs is 1. The summed E-state index contributed by atoms with van der Waals surface area (Å²) in [5, 5.41) is 0. The van der Waals surface area contributed by atoms with Gasteiger partial charge in [0, 0.05) is 31.2 Å². The Labute approximate surface area is 184 Å². The van der Waals surface area contributed by atoms with Crippen molar-refractivity contribution >= 4 is 21.6 Å². The molecule has 1 saturated heterocycles. The summed E-state index contributed by atoms with van der Waals surface area (Å²) in [5.74, 6) is 0.657. The van der Waals surface area contributed by atoms with E-state index in [0.29, 0.717) is 31.7 Å². The number of benzene rings is 2. The predicted molar refractivity (Wildman–Crippen MR) is 121 cm³/mol. The molecule has 2 aliphatic rings. The van der Waals surface area contributed by atoms with Crippen LogP contribution in [0.2, 0.25) is 0 Å². The first-order valence-electron chi connectivity index (χ1n) is 11.0. The van der Waals surface area contributed by atoms with E-state index in [1.807, 2.05) is 23.1 Å². The SMILES string of the molecule is COc1ccc(S(=O)(=O)N2CCCCC2)cc1CCC(=O)N1c2ccccc2CC1C. The summed E-state index contributed by atoms with van der Waals surface area (Å²) in [6.45, 7) is 3.19. The molecule has 0 bridgehead atoms. The Morgan fingerprint density at radius 1 is 1.10 bits per heavy atom. The van der Waals surface area contributed by atoms with Gasteiger partial charge in [-0.15, -0.1) is 0 Å². The third-order valence-electron chi connectivity index (χ3n) is 6.29. The van der Waals surface area contributed by atoms with Crippen LogP contribution in [0.4, 0.5) is 5.69 Å². The van der Waals surface area contributed by atoms with E-state index in [4.69, 9.17) is 4.74 Å². The van der Waals surface area contributed by atoms with E-state index in [1.165, 1.54) is 5.56 Å². The van der Waals surface area contributed by atoms with Gasteiger partial charge in [-0.2, -0.15) is 4.31 Å². The number of hydrogen-bond donors (Lipinski definition) is 0. The fourth-order valence-electron chi connectivity index (χ4n) is 4.67. The molecular formula is C24H30N2O4S. The number of ether oxygens (including phenoxy) is 1. The lowest BCUT2D eigenvalue weighted by molar-refractivity contribution is -0.118. The Kier molecular flexibility index (Phi) is 6.34. The van der Waals surface area contributed by atoms with Crippen LogP contribution in [0.3, 0.4) is 0 Å². The fraction of sp³-hybridized carbons (Fsp3) is 0.458. The van der Waals surface area contributed by atoms with Gasteiger partial charge < -0.3 is 9.64 Å². The molecule has 2 aromatic rings. The number of piperidine rings is 1. The maximum absolute atomic E-state index is 13.1. The van der Waals surface area contributed by atoms with Crippen molar-refractivity contribution in [2.45, 2.75) is 56.4 Å². The van der Waals surface area contributed by atoms with Gasteiger partial charge in [0.2, 0.25) is 15.9 Å². The zero-order chi connectivity index (χ0) is 22.0. The summed E-state index contributed by atoms with van der Waals surface area (Å²) in [4.78, 5) is 15.2. The van der Waals surface area contributed by atoms with Crippen LogP contribution in [0.25, 0.3) is 0 Å². The summed E-state index contributed by atoms with van der Waals surface area (Å²) < 4.78 is 33.2. The van der Waals surface area contributed by atoms with E-state index in [9.17, 15) is 13.2 Å². The summed E-state index contributed by atoms with van der Waals surface area (Å²) >= 11 is 0. The van der Waals surface area contributed by atoms with Crippen molar-refractivity contribution in [1.29, 1.82) is 0 Å². The molecule has 0 saturated carbocycles. The maximum Gasteiger partial charge on any atom is 0.243 e. The number of carbonyl (C=O) groups is 1. The Morgan fingerprint density at radius 2 is 1.84 bits per heavy atom. The second-order valence-electron chi connectivity index (χ2n) is 8.38. The molecule has 1 unspecified atom stereocenters. The molecule has 166 valence electrons. The monoisotopic (exact) mass is 442 g/mol. The van der Waals surface area contributed by atoms with Gasteiger partial charge in [-0.3, -0.25) is 4.79 Å². The van der Waals surface area contributed by atoms with Gasteiger partial charge in [0.25, 0.3) is 0 Å². The van der Waals surface area contributed by atoms with Gasteiger partial charge in [0.05, 0.1) is 12.0 Å². The van der Waals surface area contributed by atoms with Crippen LogP contribution in [-0.2, 0) is 27.7 Å². The molecule has 0 aliphatic carbocycles. The first kappa shape index (κ1) is 21.8. The van der Waals surface area contributed by atoms with Gasteiger partial charge in [-0.25, -0.2) is 8.42 Å². The molecular weight excluding hydrogens is 412 g/mol. The summed E-state index contributed by atoms with van der Waals surface area (Å²) in [7, 11) is -1.96. The summed E-state index contributed by atoms with van der Waals surface area (Å²) in [6, 6.07) is 13.1. The molecule has 2 aromatic carbocycles. The Balaban J connectivity index is 1.53. The smallest absolute Gasteiger partial charge is 0.243 e. The molecule has 4 rings (SSSR count). The molecule has 0 N–H and O–H groups in total. The standard InChI is InChI=1S/C24H30N2O4S/c1-18-16-19-8-4-5-9-22(19)26(18)24(27)13-10-20-17-21(11-12-23(20)30-2)31(28,29)25-14-6-3-7-15-25/h4-5,8-9,11-12,17-18H,3,6-7,10,13-16H2,1-2H3. The van der Waals surface area contributed by atoms with E-state index < -0.39 is 10.0 Å². The van der Waals surface area contributed by atoms with Crippen molar-refractivity contribution in [3.63, 3.8) is 0 Å². The minimum absolute atomic E-state index is 0.0452. The number of rotatable bonds is 6. The molecule has 2 heterocycles. The van der Waals surface area contributed by atoms with Crippen LogP contribution in [0.5, 0.6) is 5.75 Å². The van der Waals surface area contributed by atoms with E-state index in [2.05, 4.69) is 13.0 Å². The highest BCUT2D eigenvalue weighted by Gasteiger charge is 2.31. The molecule has 1 fully saturated rings. The second kappa shape index (κ2) is 9.01. The summed E-state index contributed by atoms with van der Waals surface area (Å²) in [6.07, 6.45) is 4.44. The molecule has 0 aromatic heterocycles. The number of sulfonamides is 1. The zero-order valence-electron chi connectivity index (χ0n) is 18.2. The minimum Gasteiger partial charge on any atom is -0.496 e. The lowest BCUT2D eigenvalue weighted by atomic mass is 10.1. The Hall–Kier alpha value is -2.38. The van der Waals surface area contributed by atoms with Gasteiger partial charge in [-0.05, 0) is 68.0 Å². The number of methoxy groups -OCH3 is 1. The van der Waals surface area contributed by atoms with E-state index in [0.717, 1.165) is 36.9 Å². The number of para-hydroxylation sites is 1. The fourth-order valence-corrected chi connectivity index (χ4v) is 6.24. The van der Waals surface area contributed by atoms with Crippen molar-refractivity contribution in [3.8, 4) is 5.75 Å². The first-order chi connectivity index (χ1) is 14.9. The van der Waals surface area contributed by atoms with Crippen molar-refractivity contribution in [3.05, 3.63) is 53.6 Å². The summed E-state index contributed by atoms with van der Waals surface area (Å²) in [5.41, 5.74) is 2.91. The quantitative estimate of drug-likeness (QED) is 0.683. The van der Waals surface area contributed by atoms with Crippen LogP contribution >= 0.6 is 0 Å². The first-order valence-corrected chi connectivity index (χ1v) is 12.4. The highest BCUT2D eigenvalue weighted by molar-refractivity contribution is 7.89. The molecule has 1 amide bonds. The molecule has 0 radical (unpaired) electrons. The van der Waals surface area contributed by atoms with Gasteiger partial charge in [0.1, 0.15) is 5.75 Å². The van der Waals surface area contributed by atoms with Crippen molar-refractivity contribution < 1.29 is 17.9 Å². The Bertz CT molecular complexity index is 1060. The maximum atomic E-state index is 13.1. The van der Waals surface area contributed by atoms with Crippen molar-refractivity contribution in [2.24, 2.45) is 0 Å². The number of carbonyl (C=O) groups excluding carboxylic acids is 1. The van der Waals surface area contributed by atoms with Crippen LogP contribution in [-0.4, -0.2) is 44.9 Å². The minimum atomic E-state index is -3.53. The van der Waals surface area contributed by atoms with Gasteiger partial charge in [-0.1, -0.05) is 24.6 Å². The molecule has 31 heavy (non-hydrogen) atoms. The van der Waals surface area contributed by atoms with E-state index >= 15 is 0 Å². The van der Waals surface area contributed by atoms with Crippen LogP contribution < -0.4 is 9.64 Å². The molecule has 7 heteroatoms. The van der Waals surface area contributed by atoms with E-state index in [1.54, 1.807) is 29.6 Å². The highest BCUT2D eigenvalue weighted by atomic mass is 32.2. The lowest BCUT2D eigenvalue weighted by Gasteiger charge is -2.26. The average molecular weight is 443 g/mol. The third kappa shape index (κ3) is 4.34. The van der Waals surface area contributed by atoms with Crippen LogP contribution in [0, 0.1) is 0 Å². The zero-order valence-corrected chi connectivity index (χ0v) is 19.0. The number of aryl methyl sites for hydroxylation is 1. The molecule has 1 atom stereocenters. The third-order valence-corrected chi connectivity index (χ3v) is 8.18.